The summed E-state index contributed by atoms with van der Waals surface area (Å²) in [6.07, 6.45) is 9.79. The van der Waals surface area contributed by atoms with E-state index < -0.39 is 0 Å². The first-order valence-corrected chi connectivity index (χ1v) is 10.7. The highest BCUT2D eigenvalue weighted by Gasteiger charge is 2.42. The maximum absolute atomic E-state index is 12.7. The molecule has 4 rings (SSSR count). The molecule has 1 saturated carbocycles. The number of rotatable bonds is 4. The smallest absolute Gasteiger partial charge is 0.222 e. The van der Waals surface area contributed by atoms with Gasteiger partial charge < -0.3 is 4.90 Å². The second-order valence-electron chi connectivity index (χ2n) is 9.22. The minimum absolute atomic E-state index is 0.355. The molecular formula is C23H34N2O. The summed E-state index contributed by atoms with van der Waals surface area (Å²) in [5.74, 6) is 1.10. The van der Waals surface area contributed by atoms with Crippen LogP contribution >= 0.6 is 0 Å². The molecule has 1 spiro atoms. The van der Waals surface area contributed by atoms with Crippen LogP contribution in [0.5, 0.6) is 0 Å². The second kappa shape index (κ2) is 7.72. The van der Waals surface area contributed by atoms with Crippen LogP contribution in [0.25, 0.3) is 0 Å². The maximum atomic E-state index is 12.7. The number of benzene rings is 1. The highest BCUT2D eigenvalue weighted by molar-refractivity contribution is 5.76. The van der Waals surface area contributed by atoms with Crippen molar-refractivity contribution in [1.82, 2.24) is 9.80 Å². The molecule has 0 bridgehead atoms. The predicted octanol–water partition coefficient (Wildman–Crippen LogP) is 4.39. The van der Waals surface area contributed by atoms with E-state index in [0.717, 1.165) is 32.6 Å². The fraction of sp³-hybridized carbons (Fsp3) is 0.696. The SMILES string of the molecule is Cc1cccc(CN2CCCC3(CCN(C(=O)CC4CCCC4)C3)C2)c1. The van der Waals surface area contributed by atoms with Gasteiger partial charge in [-0.25, -0.2) is 0 Å². The Morgan fingerprint density at radius 2 is 1.96 bits per heavy atom. The van der Waals surface area contributed by atoms with Gasteiger partial charge in [0.2, 0.25) is 5.91 Å². The third kappa shape index (κ3) is 4.14. The molecule has 1 aromatic rings. The highest BCUT2D eigenvalue weighted by Crippen LogP contribution is 2.40. The number of nitrogens with zero attached hydrogens (tertiary/aromatic N) is 2. The summed E-state index contributed by atoms with van der Waals surface area (Å²) >= 11 is 0. The van der Waals surface area contributed by atoms with Crippen LogP contribution in [0.1, 0.15) is 62.5 Å². The fourth-order valence-electron chi connectivity index (χ4n) is 5.59. The molecule has 2 aliphatic heterocycles. The van der Waals surface area contributed by atoms with Crippen LogP contribution in [-0.2, 0) is 11.3 Å². The number of hydrogen-bond acceptors (Lipinski definition) is 2. The first-order valence-electron chi connectivity index (χ1n) is 10.7. The molecule has 3 nitrogen and oxygen atoms in total. The van der Waals surface area contributed by atoms with Crippen LogP contribution in [0.15, 0.2) is 24.3 Å². The van der Waals surface area contributed by atoms with Crippen LogP contribution in [0, 0.1) is 18.3 Å². The van der Waals surface area contributed by atoms with Crippen molar-refractivity contribution in [2.75, 3.05) is 26.2 Å². The molecule has 26 heavy (non-hydrogen) atoms. The molecule has 3 fully saturated rings. The predicted molar refractivity (Wildman–Crippen MR) is 106 cm³/mol. The zero-order valence-corrected chi connectivity index (χ0v) is 16.4. The van der Waals surface area contributed by atoms with Gasteiger partial charge >= 0.3 is 0 Å². The van der Waals surface area contributed by atoms with Crippen molar-refractivity contribution >= 4 is 5.91 Å². The van der Waals surface area contributed by atoms with Gasteiger partial charge in [0.05, 0.1) is 0 Å². The number of amides is 1. The fourth-order valence-corrected chi connectivity index (χ4v) is 5.59. The van der Waals surface area contributed by atoms with E-state index in [0.29, 0.717) is 17.2 Å². The molecule has 2 saturated heterocycles. The van der Waals surface area contributed by atoms with Crippen molar-refractivity contribution in [1.29, 1.82) is 0 Å². The highest BCUT2D eigenvalue weighted by atomic mass is 16.2. The number of likely N-dealkylation sites (tertiary alicyclic amines) is 2. The first kappa shape index (κ1) is 18.0. The average molecular weight is 355 g/mol. The normalized spacial score (nSPS) is 27.5. The number of carbonyl (C=O) groups excluding carboxylic acids is 1. The quantitative estimate of drug-likeness (QED) is 0.800. The molecule has 1 atom stereocenters. The zero-order chi connectivity index (χ0) is 18.0. The monoisotopic (exact) mass is 354 g/mol. The van der Waals surface area contributed by atoms with Gasteiger partial charge in [-0.3, -0.25) is 9.69 Å². The van der Waals surface area contributed by atoms with Gasteiger partial charge in [-0.1, -0.05) is 42.7 Å². The van der Waals surface area contributed by atoms with E-state index in [-0.39, 0.29) is 0 Å². The Kier molecular flexibility index (Phi) is 5.35. The molecule has 0 aromatic heterocycles. The summed E-state index contributed by atoms with van der Waals surface area (Å²) in [7, 11) is 0. The molecule has 3 heteroatoms. The molecular weight excluding hydrogens is 320 g/mol. The standard InChI is InChI=1S/C23H34N2O/c1-19-6-4-9-21(14-19)16-24-12-5-10-23(17-24)11-13-25(18-23)22(26)15-20-7-2-3-8-20/h4,6,9,14,20H,2-3,5,7-8,10-13,15-18H2,1H3. The molecule has 142 valence electrons. The van der Waals surface area contributed by atoms with Gasteiger partial charge in [-0.05, 0) is 57.1 Å². The van der Waals surface area contributed by atoms with Crippen molar-refractivity contribution in [3.8, 4) is 0 Å². The summed E-state index contributed by atoms with van der Waals surface area (Å²) in [5, 5.41) is 0. The molecule has 3 aliphatic rings. The van der Waals surface area contributed by atoms with E-state index >= 15 is 0 Å². The molecule has 1 aliphatic carbocycles. The van der Waals surface area contributed by atoms with E-state index in [4.69, 9.17) is 0 Å². The Balaban J connectivity index is 1.34. The molecule has 1 unspecified atom stereocenters. The number of aryl methyl sites for hydroxylation is 1. The van der Waals surface area contributed by atoms with E-state index in [1.54, 1.807) is 0 Å². The minimum atomic E-state index is 0.355. The van der Waals surface area contributed by atoms with Crippen LogP contribution in [0.3, 0.4) is 0 Å². The lowest BCUT2D eigenvalue weighted by atomic mass is 9.79. The Morgan fingerprint density at radius 3 is 2.77 bits per heavy atom. The van der Waals surface area contributed by atoms with Crippen molar-refractivity contribution < 1.29 is 4.79 Å². The lowest BCUT2D eigenvalue weighted by Crippen LogP contribution is -2.45. The van der Waals surface area contributed by atoms with Gasteiger partial charge in [0.25, 0.3) is 0 Å². The van der Waals surface area contributed by atoms with Gasteiger partial charge in [-0.2, -0.15) is 0 Å². The third-order valence-corrected chi connectivity index (χ3v) is 6.96. The van der Waals surface area contributed by atoms with Gasteiger partial charge in [0, 0.05) is 38.0 Å². The van der Waals surface area contributed by atoms with E-state index in [1.165, 1.54) is 62.6 Å². The van der Waals surface area contributed by atoms with E-state index in [2.05, 4.69) is 41.0 Å². The van der Waals surface area contributed by atoms with Crippen LogP contribution < -0.4 is 0 Å². The van der Waals surface area contributed by atoms with Crippen molar-refractivity contribution in [3.05, 3.63) is 35.4 Å². The third-order valence-electron chi connectivity index (χ3n) is 6.96. The second-order valence-corrected chi connectivity index (χ2v) is 9.22. The van der Waals surface area contributed by atoms with Crippen LogP contribution in [0.4, 0.5) is 0 Å². The summed E-state index contributed by atoms with van der Waals surface area (Å²) in [4.78, 5) is 17.6. The lowest BCUT2D eigenvalue weighted by molar-refractivity contribution is -0.131. The van der Waals surface area contributed by atoms with Crippen LogP contribution in [-0.4, -0.2) is 41.9 Å². The Labute approximate surface area is 158 Å². The van der Waals surface area contributed by atoms with E-state index in [1.807, 2.05) is 0 Å². The summed E-state index contributed by atoms with van der Waals surface area (Å²) in [6, 6.07) is 8.91. The summed E-state index contributed by atoms with van der Waals surface area (Å²) < 4.78 is 0. The molecule has 0 N–H and O–H groups in total. The topological polar surface area (TPSA) is 23.6 Å². The maximum Gasteiger partial charge on any atom is 0.222 e. The van der Waals surface area contributed by atoms with Crippen molar-refractivity contribution in [2.45, 2.75) is 64.8 Å². The van der Waals surface area contributed by atoms with Gasteiger partial charge in [0.15, 0.2) is 0 Å². The molecule has 1 aromatic carbocycles. The summed E-state index contributed by atoms with van der Waals surface area (Å²) in [6.45, 7) is 7.58. The largest absolute Gasteiger partial charge is 0.342 e. The Bertz CT molecular complexity index is 637. The summed E-state index contributed by atoms with van der Waals surface area (Å²) in [5.41, 5.74) is 3.13. The van der Waals surface area contributed by atoms with Crippen molar-refractivity contribution in [3.63, 3.8) is 0 Å². The number of piperidine rings is 1. The zero-order valence-electron chi connectivity index (χ0n) is 16.4. The molecule has 1 amide bonds. The first-order chi connectivity index (χ1) is 12.6. The van der Waals surface area contributed by atoms with Crippen molar-refractivity contribution in [2.24, 2.45) is 11.3 Å². The van der Waals surface area contributed by atoms with Gasteiger partial charge in [0.1, 0.15) is 0 Å². The Morgan fingerprint density at radius 1 is 1.12 bits per heavy atom. The van der Waals surface area contributed by atoms with Gasteiger partial charge in [-0.15, -0.1) is 0 Å². The Hall–Kier alpha value is -1.35. The van der Waals surface area contributed by atoms with Crippen LogP contribution in [0.2, 0.25) is 0 Å². The molecule has 2 heterocycles. The number of hydrogen-bond donors (Lipinski definition) is 0. The molecule has 0 radical (unpaired) electrons. The average Bonchev–Trinajstić information content (AvgIpc) is 3.25. The lowest BCUT2D eigenvalue weighted by Gasteiger charge is -2.40. The minimum Gasteiger partial charge on any atom is -0.342 e. The van der Waals surface area contributed by atoms with E-state index in [9.17, 15) is 4.79 Å². The number of carbonyl (C=O) groups is 1.